The average Bonchev–Trinajstić information content (AvgIpc) is 2.58. The Bertz CT molecular complexity index is 729. The van der Waals surface area contributed by atoms with Gasteiger partial charge in [0.25, 0.3) is 5.69 Å². The number of rotatable bonds is 4. The van der Waals surface area contributed by atoms with Gasteiger partial charge in [0.05, 0.1) is 31.1 Å². The van der Waals surface area contributed by atoms with Crippen molar-refractivity contribution in [2.24, 2.45) is 0 Å². The van der Waals surface area contributed by atoms with Crippen LogP contribution in [0.1, 0.15) is 5.56 Å². The van der Waals surface area contributed by atoms with Gasteiger partial charge in [0.15, 0.2) is 0 Å². The molecule has 1 heterocycles. The fraction of sp³-hybridized carbons (Fsp3) is 0.294. The Morgan fingerprint density at radius 3 is 2.38 bits per heavy atom. The normalized spacial score (nSPS) is 15.5. The number of halogens is 2. The largest absolute Gasteiger partial charge is 0.360 e. The van der Waals surface area contributed by atoms with E-state index in [4.69, 9.17) is 23.2 Å². The van der Waals surface area contributed by atoms with Crippen molar-refractivity contribution in [2.75, 3.05) is 31.1 Å². The highest BCUT2D eigenvalue weighted by Gasteiger charge is 2.22. The first-order chi connectivity index (χ1) is 11.5. The van der Waals surface area contributed by atoms with E-state index in [1.165, 1.54) is 16.7 Å². The van der Waals surface area contributed by atoms with Gasteiger partial charge in [0.1, 0.15) is 6.54 Å². The molecule has 1 saturated heterocycles. The third-order valence-electron chi connectivity index (χ3n) is 4.34. The first kappa shape index (κ1) is 17.0. The second-order valence-electron chi connectivity index (χ2n) is 5.92. The minimum absolute atomic E-state index is 0.0913. The molecule has 1 aliphatic rings. The molecule has 3 rings (SSSR count). The zero-order valence-electron chi connectivity index (χ0n) is 13.0. The maximum atomic E-state index is 10.9. The molecule has 1 aliphatic heterocycles. The Kier molecular flexibility index (Phi) is 5.23. The number of nitro benzene ring substituents is 1. The summed E-state index contributed by atoms with van der Waals surface area (Å²) in [6.45, 7) is 4.49. The van der Waals surface area contributed by atoms with E-state index in [2.05, 4.69) is 4.90 Å². The van der Waals surface area contributed by atoms with Crippen LogP contribution < -0.4 is 9.80 Å². The lowest BCUT2D eigenvalue weighted by atomic mass is 10.1. The third-order valence-corrected chi connectivity index (χ3v) is 4.96. The molecule has 0 amide bonds. The Hall–Kier alpha value is -1.82. The van der Waals surface area contributed by atoms with Crippen LogP contribution >= 0.6 is 23.2 Å². The number of non-ortho nitro benzene ring substituents is 1. The number of anilines is 1. The zero-order chi connectivity index (χ0) is 17.1. The molecule has 24 heavy (non-hydrogen) atoms. The predicted molar refractivity (Wildman–Crippen MR) is 96.2 cm³/mol. The highest BCUT2D eigenvalue weighted by Crippen LogP contribution is 2.22. The average molecular weight is 367 g/mol. The van der Waals surface area contributed by atoms with Crippen LogP contribution in [0.4, 0.5) is 11.4 Å². The smallest absolute Gasteiger partial charge is 0.270 e. The van der Waals surface area contributed by atoms with Crippen LogP contribution in [0.15, 0.2) is 42.5 Å². The van der Waals surface area contributed by atoms with Crippen molar-refractivity contribution >= 4 is 34.6 Å². The van der Waals surface area contributed by atoms with Crippen molar-refractivity contribution in [1.29, 1.82) is 0 Å². The number of hydrogen-bond acceptors (Lipinski definition) is 3. The second kappa shape index (κ2) is 7.38. The summed E-state index contributed by atoms with van der Waals surface area (Å²) in [6, 6.07) is 12.5. The van der Waals surface area contributed by atoms with Crippen molar-refractivity contribution in [3.8, 4) is 0 Å². The highest BCUT2D eigenvalue weighted by atomic mass is 35.5. The minimum atomic E-state index is -0.381. The lowest BCUT2D eigenvalue weighted by molar-refractivity contribution is -0.914. The molecule has 2 aromatic carbocycles. The van der Waals surface area contributed by atoms with Crippen molar-refractivity contribution in [1.82, 2.24) is 0 Å². The van der Waals surface area contributed by atoms with Crippen molar-refractivity contribution < 1.29 is 9.82 Å². The van der Waals surface area contributed by atoms with Gasteiger partial charge in [-0.1, -0.05) is 23.2 Å². The topological polar surface area (TPSA) is 50.8 Å². The van der Waals surface area contributed by atoms with Crippen molar-refractivity contribution in [3.05, 3.63) is 68.2 Å². The van der Waals surface area contributed by atoms with Crippen LogP contribution in [-0.2, 0) is 6.54 Å². The van der Waals surface area contributed by atoms with Crippen molar-refractivity contribution in [3.63, 3.8) is 0 Å². The van der Waals surface area contributed by atoms with Gasteiger partial charge in [0.2, 0.25) is 0 Å². The van der Waals surface area contributed by atoms with E-state index in [1.54, 1.807) is 12.1 Å². The molecule has 1 fully saturated rings. The van der Waals surface area contributed by atoms with Gasteiger partial charge >= 0.3 is 0 Å². The monoisotopic (exact) mass is 366 g/mol. The molecule has 0 aromatic heterocycles. The summed E-state index contributed by atoms with van der Waals surface area (Å²) < 4.78 is 0. The van der Waals surface area contributed by atoms with Crippen LogP contribution in [-0.4, -0.2) is 31.1 Å². The molecule has 0 bridgehead atoms. The SMILES string of the molecule is O=[N+]([O-])c1ccc(Cl)c(C[NH+]2CCN(c3ccc(Cl)cc3)CC2)c1. The summed E-state index contributed by atoms with van der Waals surface area (Å²) in [5.41, 5.74) is 2.10. The molecule has 7 heteroatoms. The maximum Gasteiger partial charge on any atom is 0.270 e. The van der Waals surface area contributed by atoms with Crippen LogP contribution in [0.5, 0.6) is 0 Å². The van der Waals surface area contributed by atoms with E-state index in [0.717, 1.165) is 36.8 Å². The molecular formula is C17H18Cl2N3O2+. The zero-order valence-corrected chi connectivity index (χ0v) is 14.6. The van der Waals surface area contributed by atoms with Crippen LogP contribution in [0.3, 0.4) is 0 Å². The molecule has 0 unspecified atom stereocenters. The summed E-state index contributed by atoms with van der Waals surface area (Å²) in [6.07, 6.45) is 0. The fourth-order valence-electron chi connectivity index (χ4n) is 2.99. The summed E-state index contributed by atoms with van der Waals surface area (Å²) in [4.78, 5) is 14.2. The molecule has 126 valence electrons. The van der Waals surface area contributed by atoms with Crippen LogP contribution in [0.2, 0.25) is 10.0 Å². The summed E-state index contributed by atoms with van der Waals surface area (Å²) in [5.74, 6) is 0. The quantitative estimate of drug-likeness (QED) is 0.668. The summed E-state index contributed by atoms with van der Waals surface area (Å²) in [7, 11) is 0. The number of piperazine rings is 1. The van der Waals surface area contributed by atoms with Gasteiger partial charge in [-0.3, -0.25) is 10.1 Å². The summed E-state index contributed by atoms with van der Waals surface area (Å²) in [5, 5.41) is 12.3. The van der Waals surface area contributed by atoms with Gasteiger partial charge in [-0.15, -0.1) is 0 Å². The predicted octanol–water partition coefficient (Wildman–Crippen LogP) is 2.81. The number of benzene rings is 2. The molecule has 0 saturated carbocycles. The first-order valence-corrected chi connectivity index (χ1v) is 8.55. The fourth-order valence-corrected chi connectivity index (χ4v) is 3.30. The molecule has 2 aromatic rings. The Balaban J connectivity index is 1.62. The maximum absolute atomic E-state index is 10.9. The van der Waals surface area contributed by atoms with Crippen molar-refractivity contribution in [2.45, 2.75) is 6.54 Å². The van der Waals surface area contributed by atoms with E-state index in [-0.39, 0.29) is 10.6 Å². The van der Waals surface area contributed by atoms with E-state index in [9.17, 15) is 10.1 Å². The molecule has 1 N–H and O–H groups in total. The van der Waals surface area contributed by atoms with Gasteiger partial charge in [-0.05, 0) is 30.3 Å². The Morgan fingerprint density at radius 2 is 1.75 bits per heavy atom. The van der Waals surface area contributed by atoms with E-state index >= 15 is 0 Å². The molecule has 0 radical (unpaired) electrons. The number of nitrogens with one attached hydrogen (secondary N) is 1. The van der Waals surface area contributed by atoms with Gasteiger partial charge < -0.3 is 9.80 Å². The summed E-state index contributed by atoms with van der Waals surface area (Å²) >= 11 is 12.1. The third kappa shape index (κ3) is 3.98. The number of hydrogen-bond donors (Lipinski definition) is 1. The Morgan fingerprint density at radius 1 is 1.08 bits per heavy atom. The van der Waals surface area contributed by atoms with Crippen LogP contribution in [0, 0.1) is 10.1 Å². The minimum Gasteiger partial charge on any atom is -0.360 e. The highest BCUT2D eigenvalue weighted by molar-refractivity contribution is 6.31. The van der Waals surface area contributed by atoms with E-state index in [0.29, 0.717) is 11.6 Å². The molecule has 5 nitrogen and oxygen atoms in total. The van der Waals surface area contributed by atoms with Gasteiger partial charge in [-0.2, -0.15) is 0 Å². The van der Waals surface area contributed by atoms with Gasteiger partial charge in [-0.25, -0.2) is 0 Å². The lowest BCUT2D eigenvalue weighted by Gasteiger charge is -2.33. The lowest BCUT2D eigenvalue weighted by Crippen LogP contribution is -3.13. The molecular weight excluding hydrogens is 349 g/mol. The van der Waals surface area contributed by atoms with E-state index < -0.39 is 0 Å². The van der Waals surface area contributed by atoms with E-state index in [1.807, 2.05) is 24.3 Å². The number of quaternary nitrogens is 1. The molecule has 0 spiro atoms. The van der Waals surface area contributed by atoms with Gasteiger partial charge in [0, 0.05) is 33.4 Å². The second-order valence-corrected chi connectivity index (χ2v) is 6.77. The molecule has 0 atom stereocenters. The number of nitro groups is 1. The standard InChI is InChI=1S/C17H17Cl2N3O2/c18-14-1-3-15(4-2-14)21-9-7-20(8-10-21)12-13-11-16(22(23)24)5-6-17(13)19/h1-6,11H,7-10,12H2/p+1. The Labute approximate surface area is 150 Å². The number of nitrogens with zero attached hydrogens (tertiary/aromatic N) is 2. The molecule has 0 aliphatic carbocycles. The first-order valence-electron chi connectivity index (χ1n) is 7.80. The van der Waals surface area contributed by atoms with Crippen LogP contribution in [0.25, 0.3) is 0 Å².